The Labute approximate surface area is 135 Å². The van der Waals surface area contributed by atoms with Crippen LogP contribution in [0, 0.1) is 6.92 Å². The van der Waals surface area contributed by atoms with Gasteiger partial charge in [0.05, 0.1) is 28.9 Å². The maximum absolute atomic E-state index is 12.7. The SMILES string of the molecule is COC(=O)Nc1nc2ccc(S(=O)c3cccc(C)c3)cc2[nH]1. The van der Waals surface area contributed by atoms with E-state index in [2.05, 4.69) is 20.0 Å². The van der Waals surface area contributed by atoms with E-state index in [1.165, 1.54) is 7.11 Å². The van der Waals surface area contributed by atoms with Crippen LogP contribution in [0.5, 0.6) is 0 Å². The predicted octanol–water partition coefficient (Wildman–Crippen LogP) is 3.22. The van der Waals surface area contributed by atoms with Crippen molar-refractivity contribution in [3.05, 3.63) is 48.0 Å². The molecule has 0 aliphatic rings. The summed E-state index contributed by atoms with van der Waals surface area (Å²) in [6.45, 7) is 1.96. The van der Waals surface area contributed by atoms with E-state index in [0.29, 0.717) is 15.9 Å². The van der Waals surface area contributed by atoms with E-state index in [9.17, 15) is 9.00 Å². The van der Waals surface area contributed by atoms with Gasteiger partial charge in [0.1, 0.15) is 0 Å². The van der Waals surface area contributed by atoms with Gasteiger partial charge in [0, 0.05) is 9.79 Å². The van der Waals surface area contributed by atoms with Crippen molar-refractivity contribution >= 4 is 33.9 Å². The minimum absolute atomic E-state index is 0.283. The summed E-state index contributed by atoms with van der Waals surface area (Å²) in [5.41, 5.74) is 2.42. The summed E-state index contributed by atoms with van der Waals surface area (Å²) >= 11 is 0. The number of H-pyrrole nitrogens is 1. The summed E-state index contributed by atoms with van der Waals surface area (Å²) in [5.74, 6) is 0.283. The molecule has 0 saturated carbocycles. The van der Waals surface area contributed by atoms with E-state index in [1.807, 2.05) is 31.2 Å². The fourth-order valence-electron chi connectivity index (χ4n) is 2.18. The first-order valence-corrected chi connectivity index (χ1v) is 8.05. The molecule has 2 aromatic carbocycles. The van der Waals surface area contributed by atoms with Crippen LogP contribution in [0.2, 0.25) is 0 Å². The Kier molecular flexibility index (Phi) is 4.12. The number of ether oxygens (including phenoxy) is 1. The number of imidazole rings is 1. The highest BCUT2D eigenvalue weighted by molar-refractivity contribution is 7.85. The number of methoxy groups -OCH3 is 1. The summed E-state index contributed by atoms with van der Waals surface area (Å²) in [6, 6.07) is 12.9. The van der Waals surface area contributed by atoms with E-state index in [-0.39, 0.29) is 5.95 Å². The lowest BCUT2D eigenvalue weighted by Crippen LogP contribution is -2.11. The van der Waals surface area contributed by atoms with E-state index in [4.69, 9.17) is 0 Å². The number of hydrogen-bond donors (Lipinski definition) is 2. The molecular formula is C16H15N3O3S. The second-order valence-electron chi connectivity index (χ2n) is 4.97. The van der Waals surface area contributed by atoms with Gasteiger partial charge in [0.2, 0.25) is 5.95 Å². The van der Waals surface area contributed by atoms with Crippen LogP contribution in [0.15, 0.2) is 52.3 Å². The van der Waals surface area contributed by atoms with E-state index < -0.39 is 16.9 Å². The second-order valence-corrected chi connectivity index (χ2v) is 6.45. The Morgan fingerprint density at radius 3 is 2.74 bits per heavy atom. The smallest absolute Gasteiger partial charge is 0.413 e. The average Bonchev–Trinajstić information content (AvgIpc) is 2.95. The summed E-state index contributed by atoms with van der Waals surface area (Å²) < 4.78 is 17.2. The van der Waals surface area contributed by atoms with Crippen molar-refractivity contribution in [2.75, 3.05) is 12.4 Å². The number of anilines is 1. The fourth-order valence-corrected chi connectivity index (χ4v) is 3.36. The molecule has 0 spiro atoms. The number of nitrogens with one attached hydrogen (secondary N) is 2. The van der Waals surface area contributed by atoms with E-state index in [1.54, 1.807) is 18.2 Å². The number of benzene rings is 2. The Balaban J connectivity index is 1.93. The maximum atomic E-state index is 12.7. The Bertz CT molecular complexity index is 904. The number of rotatable bonds is 3. The molecule has 3 rings (SSSR count). The molecule has 2 N–H and O–H groups in total. The van der Waals surface area contributed by atoms with Crippen LogP contribution in [0.1, 0.15) is 5.56 Å². The largest absolute Gasteiger partial charge is 0.453 e. The second kappa shape index (κ2) is 6.21. The number of amides is 1. The van der Waals surface area contributed by atoms with Gasteiger partial charge >= 0.3 is 6.09 Å². The summed E-state index contributed by atoms with van der Waals surface area (Å²) in [6.07, 6.45) is -0.604. The molecule has 1 unspecified atom stereocenters. The van der Waals surface area contributed by atoms with Crippen molar-refractivity contribution < 1.29 is 13.7 Å². The fraction of sp³-hybridized carbons (Fsp3) is 0.125. The highest BCUT2D eigenvalue weighted by Crippen LogP contribution is 2.22. The molecule has 0 fully saturated rings. The van der Waals surface area contributed by atoms with Crippen LogP contribution >= 0.6 is 0 Å². The third kappa shape index (κ3) is 3.24. The lowest BCUT2D eigenvalue weighted by atomic mass is 10.2. The van der Waals surface area contributed by atoms with Crippen LogP contribution in [-0.4, -0.2) is 27.4 Å². The molecule has 0 saturated heterocycles. The van der Waals surface area contributed by atoms with Crippen LogP contribution in [-0.2, 0) is 15.5 Å². The highest BCUT2D eigenvalue weighted by Gasteiger charge is 2.11. The van der Waals surface area contributed by atoms with Crippen molar-refractivity contribution in [3.63, 3.8) is 0 Å². The third-order valence-electron chi connectivity index (χ3n) is 3.28. The Morgan fingerprint density at radius 1 is 1.22 bits per heavy atom. The number of hydrogen-bond acceptors (Lipinski definition) is 4. The van der Waals surface area contributed by atoms with E-state index >= 15 is 0 Å². The van der Waals surface area contributed by atoms with Crippen molar-refractivity contribution in [2.45, 2.75) is 16.7 Å². The average molecular weight is 329 g/mol. The van der Waals surface area contributed by atoms with Crippen molar-refractivity contribution in [2.24, 2.45) is 0 Å². The summed E-state index contributed by atoms with van der Waals surface area (Å²) in [7, 11) is 0.00287. The molecule has 7 heteroatoms. The minimum Gasteiger partial charge on any atom is -0.453 e. The van der Waals surface area contributed by atoms with Gasteiger partial charge in [0.15, 0.2) is 0 Å². The zero-order valence-corrected chi connectivity index (χ0v) is 13.4. The van der Waals surface area contributed by atoms with Gasteiger partial charge in [-0.1, -0.05) is 12.1 Å². The number of nitrogens with zero attached hydrogens (tertiary/aromatic N) is 1. The molecule has 3 aromatic rings. The van der Waals surface area contributed by atoms with Gasteiger partial charge in [-0.3, -0.25) is 5.32 Å². The third-order valence-corrected chi connectivity index (χ3v) is 4.64. The number of aromatic nitrogens is 2. The number of aryl methyl sites for hydroxylation is 1. The molecule has 0 bridgehead atoms. The molecule has 1 atom stereocenters. The highest BCUT2D eigenvalue weighted by atomic mass is 32.2. The normalized spacial score (nSPS) is 12.1. The van der Waals surface area contributed by atoms with Crippen molar-refractivity contribution in [3.8, 4) is 0 Å². The molecule has 0 radical (unpaired) electrons. The molecule has 1 heterocycles. The molecule has 1 amide bonds. The first-order valence-electron chi connectivity index (χ1n) is 6.90. The van der Waals surface area contributed by atoms with E-state index in [0.717, 1.165) is 10.5 Å². The van der Waals surface area contributed by atoms with Crippen LogP contribution in [0.25, 0.3) is 11.0 Å². The summed E-state index contributed by atoms with van der Waals surface area (Å²) in [4.78, 5) is 19.8. The monoisotopic (exact) mass is 329 g/mol. The quantitative estimate of drug-likeness (QED) is 0.773. The number of fused-ring (bicyclic) bond motifs is 1. The molecule has 23 heavy (non-hydrogen) atoms. The van der Waals surface area contributed by atoms with Crippen LogP contribution in [0.3, 0.4) is 0 Å². The molecular weight excluding hydrogens is 314 g/mol. The van der Waals surface area contributed by atoms with Gasteiger partial charge in [-0.05, 0) is 42.8 Å². The zero-order chi connectivity index (χ0) is 16.4. The molecule has 0 aliphatic carbocycles. The van der Waals surface area contributed by atoms with Crippen molar-refractivity contribution in [1.82, 2.24) is 9.97 Å². The van der Waals surface area contributed by atoms with Gasteiger partial charge in [-0.25, -0.2) is 14.0 Å². The maximum Gasteiger partial charge on any atom is 0.413 e. The van der Waals surface area contributed by atoms with Crippen LogP contribution in [0.4, 0.5) is 10.7 Å². The lowest BCUT2D eigenvalue weighted by molar-refractivity contribution is 0.186. The molecule has 1 aromatic heterocycles. The first-order chi connectivity index (χ1) is 11.1. The standard InChI is InChI=1S/C16H15N3O3S/c1-10-4-3-5-11(8-10)23(21)12-6-7-13-14(9-12)18-15(17-13)19-16(20)22-2/h3-9H,1-2H3,(H2,17,18,19,20). The molecule has 6 nitrogen and oxygen atoms in total. The van der Waals surface area contributed by atoms with Gasteiger partial charge in [-0.15, -0.1) is 0 Å². The number of carbonyl (C=O) groups is 1. The number of aromatic amines is 1. The Hall–Kier alpha value is -2.67. The summed E-state index contributed by atoms with van der Waals surface area (Å²) in [5, 5.41) is 2.47. The topological polar surface area (TPSA) is 84.1 Å². The van der Waals surface area contributed by atoms with Gasteiger partial charge in [-0.2, -0.15) is 0 Å². The van der Waals surface area contributed by atoms with Gasteiger partial charge < -0.3 is 9.72 Å². The minimum atomic E-state index is -1.28. The van der Waals surface area contributed by atoms with Crippen LogP contribution < -0.4 is 5.32 Å². The first kappa shape index (κ1) is 15.2. The molecule has 0 aliphatic heterocycles. The van der Waals surface area contributed by atoms with Gasteiger partial charge in [0.25, 0.3) is 0 Å². The number of carbonyl (C=O) groups excluding carboxylic acids is 1. The predicted molar refractivity (Wildman–Crippen MR) is 88.0 cm³/mol. The lowest BCUT2D eigenvalue weighted by Gasteiger charge is -2.03. The Morgan fingerprint density at radius 2 is 2.00 bits per heavy atom. The zero-order valence-electron chi connectivity index (χ0n) is 12.6. The molecule has 118 valence electrons. The van der Waals surface area contributed by atoms with Crippen molar-refractivity contribution in [1.29, 1.82) is 0 Å².